The third-order valence-corrected chi connectivity index (χ3v) is 4.85. The molecule has 1 amide bonds. The van der Waals surface area contributed by atoms with E-state index in [0.717, 1.165) is 17.3 Å². The predicted octanol–water partition coefficient (Wildman–Crippen LogP) is 1.13. The van der Waals surface area contributed by atoms with Gasteiger partial charge < -0.3 is 15.4 Å². The van der Waals surface area contributed by atoms with Crippen molar-refractivity contribution in [3.63, 3.8) is 0 Å². The van der Waals surface area contributed by atoms with Gasteiger partial charge in [-0.2, -0.15) is 10.2 Å². The van der Waals surface area contributed by atoms with Crippen molar-refractivity contribution in [3.8, 4) is 0 Å². The summed E-state index contributed by atoms with van der Waals surface area (Å²) in [6, 6.07) is 9.62. The molecule has 1 aromatic carbocycles. The number of amides is 1. The van der Waals surface area contributed by atoms with Crippen molar-refractivity contribution in [1.82, 2.24) is 24.5 Å². The van der Waals surface area contributed by atoms with Crippen LogP contribution in [0.25, 0.3) is 10.9 Å². The van der Waals surface area contributed by atoms with Crippen molar-refractivity contribution < 1.29 is 9.53 Å². The Morgan fingerprint density at radius 1 is 1.27 bits per heavy atom. The number of methoxy groups -OCH3 is 1. The zero-order valence-electron chi connectivity index (χ0n) is 14.7. The fourth-order valence-electron chi connectivity index (χ4n) is 3.54. The number of likely N-dealkylation sites (tertiary alicyclic amines) is 1. The van der Waals surface area contributed by atoms with Crippen molar-refractivity contribution in [3.05, 3.63) is 42.7 Å². The van der Waals surface area contributed by atoms with E-state index in [4.69, 9.17) is 10.5 Å². The highest BCUT2D eigenvalue weighted by Crippen LogP contribution is 2.22. The summed E-state index contributed by atoms with van der Waals surface area (Å²) in [4.78, 5) is 14.8. The van der Waals surface area contributed by atoms with Crippen LogP contribution in [-0.2, 0) is 22.6 Å². The van der Waals surface area contributed by atoms with Gasteiger partial charge >= 0.3 is 0 Å². The van der Waals surface area contributed by atoms with Crippen molar-refractivity contribution in [2.24, 2.45) is 0 Å². The molecule has 8 nitrogen and oxygen atoms in total. The zero-order chi connectivity index (χ0) is 18.1. The van der Waals surface area contributed by atoms with Crippen LogP contribution in [-0.4, -0.2) is 56.2 Å². The summed E-state index contributed by atoms with van der Waals surface area (Å²) < 4.78 is 8.98. The van der Waals surface area contributed by atoms with Crippen LogP contribution in [0.2, 0.25) is 0 Å². The van der Waals surface area contributed by atoms with Crippen molar-refractivity contribution in [1.29, 1.82) is 0 Å². The van der Waals surface area contributed by atoms with Gasteiger partial charge in [0.1, 0.15) is 12.4 Å². The first-order chi connectivity index (χ1) is 12.6. The first-order valence-electron chi connectivity index (χ1n) is 8.66. The molecular formula is C18H22N6O2. The lowest BCUT2D eigenvalue weighted by Gasteiger charge is -2.24. The number of nitrogens with two attached hydrogens (primary N) is 1. The molecule has 0 spiro atoms. The molecule has 4 rings (SSSR count). The van der Waals surface area contributed by atoms with Gasteiger partial charge in [0, 0.05) is 31.4 Å². The molecular weight excluding hydrogens is 332 g/mol. The molecule has 8 heteroatoms. The minimum Gasteiger partial charge on any atom is -0.382 e. The number of nitrogens with zero attached hydrogens (tertiary/aromatic N) is 5. The molecule has 1 aliphatic rings. The van der Waals surface area contributed by atoms with Crippen LogP contribution in [0.3, 0.4) is 0 Å². The molecule has 0 aliphatic carbocycles. The van der Waals surface area contributed by atoms with E-state index in [2.05, 4.69) is 10.2 Å². The molecule has 1 aliphatic heterocycles. The minimum absolute atomic E-state index is 0.0247. The number of nitrogen functional groups attached to an aromatic ring is 1. The summed E-state index contributed by atoms with van der Waals surface area (Å²) in [5.74, 6) is 0.509. The van der Waals surface area contributed by atoms with E-state index in [1.807, 2.05) is 41.6 Å². The van der Waals surface area contributed by atoms with Gasteiger partial charge in [0.25, 0.3) is 0 Å². The number of fused-ring (bicyclic) bond motifs is 1. The Hall–Kier alpha value is -2.87. The summed E-state index contributed by atoms with van der Waals surface area (Å²) in [5, 5.41) is 9.74. The molecule has 1 fully saturated rings. The maximum atomic E-state index is 12.9. The highest BCUT2D eigenvalue weighted by molar-refractivity contribution is 5.80. The molecule has 2 aromatic heterocycles. The Morgan fingerprint density at radius 3 is 2.85 bits per heavy atom. The van der Waals surface area contributed by atoms with E-state index in [1.54, 1.807) is 22.5 Å². The molecule has 0 unspecified atom stereocenters. The monoisotopic (exact) mass is 354 g/mol. The van der Waals surface area contributed by atoms with Crippen LogP contribution < -0.4 is 5.73 Å². The number of hydrogen-bond acceptors (Lipinski definition) is 5. The van der Waals surface area contributed by atoms with Gasteiger partial charge in [-0.05, 0) is 18.6 Å². The van der Waals surface area contributed by atoms with Crippen molar-refractivity contribution in [2.75, 3.05) is 19.4 Å². The van der Waals surface area contributed by atoms with E-state index < -0.39 is 0 Å². The van der Waals surface area contributed by atoms with Gasteiger partial charge in [0.2, 0.25) is 5.91 Å². The summed E-state index contributed by atoms with van der Waals surface area (Å²) in [6.07, 6.45) is 4.55. The highest BCUT2D eigenvalue weighted by atomic mass is 16.5. The van der Waals surface area contributed by atoms with Gasteiger partial charge in [-0.15, -0.1) is 0 Å². The maximum Gasteiger partial charge on any atom is 0.244 e. The van der Waals surface area contributed by atoms with E-state index >= 15 is 0 Å². The Labute approximate surface area is 151 Å². The molecule has 0 saturated carbocycles. The summed E-state index contributed by atoms with van der Waals surface area (Å²) in [7, 11) is 1.68. The number of carbonyl (C=O) groups is 1. The fourth-order valence-corrected chi connectivity index (χ4v) is 3.54. The SMILES string of the molecule is CO[C@H]1C[C@@H](Cn2ccc(N)n2)N(C(=O)Cn2cc3ccccc3n2)C1. The molecule has 2 atom stereocenters. The number of ether oxygens (including phenoxy) is 1. The average Bonchev–Trinajstić information content (AvgIpc) is 3.32. The van der Waals surface area contributed by atoms with Crippen LogP contribution in [0.5, 0.6) is 0 Å². The van der Waals surface area contributed by atoms with Crippen molar-refractivity contribution in [2.45, 2.75) is 31.7 Å². The predicted molar refractivity (Wildman–Crippen MR) is 97.3 cm³/mol. The quantitative estimate of drug-likeness (QED) is 0.742. The Kier molecular flexibility index (Phi) is 4.34. The number of carbonyl (C=O) groups excluding carboxylic acids is 1. The normalized spacial score (nSPS) is 20.1. The lowest BCUT2D eigenvalue weighted by atomic mass is 10.2. The summed E-state index contributed by atoms with van der Waals surface area (Å²) in [5.41, 5.74) is 6.58. The second kappa shape index (κ2) is 6.80. The minimum atomic E-state index is 0.0247. The number of rotatable bonds is 5. The van der Waals surface area contributed by atoms with Crippen LogP contribution in [0.1, 0.15) is 6.42 Å². The second-order valence-electron chi connectivity index (χ2n) is 6.64. The van der Waals surface area contributed by atoms with Crippen LogP contribution in [0.4, 0.5) is 5.82 Å². The van der Waals surface area contributed by atoms with Gasteiger partial charge in [-0.1, -0.05) is 18.2 Å². The molecule has 0 radical (unpaired) electrons. The average molecular weight is 354 g/mol. The number of benzene rings is 1. The molecule has 2 N–H and O–H groups in total. The Bertz CT molecular complexity index is 884. The summed E-state index contributed by atoms with van der Waals surface area (Å²) in [6.45, 7) is 1.39. The third kappa shape index (κ3) is 3.28. The second-order valence-corrected chi connectivity index (χ2v) is 6.64. The van der Waals surface area contributed by atoms with Crippen LogP contribution >= 0.6 is 0 Å². The highest BCUT2D eigenvalue weighted by Gasteiger charge is 2.35. The van der Waals surface area contributed by atoms with E-state index in [1.165, 1.54) is 0 Å². The standard InChI is InChI=1S/C18H22N6O2/c1-26-15-8-14(10-22-7-6-17(19)21-22)24(11-15)18(25)12-23-9-13-4-2-3-5-16(13)20-23/h2-7,9,14-15H,8,10-12H2,1H3,(H2,19,21)/t14-,15-/m0/s1. The molecule has 136 valence electrons. The molecule has 3 aromatic rings. The van der Waals surface area contributed by atoms with Crippen LogP contribution in [0.15, 0.2) is 42.7 Å². The topological polar surface area (TPSA) is 91.2 Å². The molecule has 3 heterocycles. The molecule has 26 heavy (non-hydrogen) atoms. The van der Waals surface area contributed by atoms with Gasteiger partial charge in [0.05, 0.1) is 24.2 Å². The van der Waals surface area contributed by atoms with E-state index in [-0.39, 0.29) is 24.6 Å². The fraction of sp³-hybridized carbons (Fsp3) is 0.389. The van der Waals surface area contributed by atoms with Crippen LogP contribution in [0, 0.1) is 0 Å². The lowest BCUT2D eigenvalue weighted by Crippen LogP contribution is -2.40. The Morgan fingerprint density at radius 2 is 2.12 bits per heavy atom. The maximum absolute atomic E-state index is 12.9. The smallest absolute Gasteiger partial charge is 0.244 e. The first-order valence-corrected chi connectivity index (χ1v) is 8.66. The zero-order valence-corrected chi connectivity index (χ0v) is 14.7. The third-order valence-electron chi connectivity index (χ3n) is 4.85. The Balaban J connectivity index is 1.49. The van der Waals surface area contributed by atoms with Gasteiger partial charge in [-0.3, -0.25) is 14.2 Å². The number of hydrogen-bond donors (Lipinski definition) is 1. The van der Waals surface area contributed by atoms with E-state index in [0.29, 0.717) is 18.9 Å². The first kappa shape index (κ1) is 16.6. The largest absolute Gasteiger partial charge is 0.382 e. The van der Waals surface area contributed by atoms with Gasteiger partial charge in [0.15, 0.2) is 0 Å². The number of anilines is 1. The van der Waals surface area contributed by atoms with Crippen molar-refractivity contribution >= 4 is 22.6 Å². The van der Waals surface area contributed by atoms with E-state index in [9.17, 15) is 4.79 Å². The molecule has 0 bridgehead atoms. The lowest BCUT2D eigenvalue weighted by molar-refractivity contribution is -0.133. The summed E-state index contributed by atoms with van der Waals surface area (Å²) >= 11 is 0. The van der Waals surface area contributed by atoms with Gasteiger partial charge in [-0.25, -0.2) is 0 Å². The molecule has 1 saturated heterocycles. The number of aromatic nitrogens is 4.